The molecule has 0 rings (SSSR count). The van der Waals surface area contributed by atoms with Crippen LogP contribution < -0.4 is 10.0 Å². The van der Waals surface area contributed by atoms with Crippen LogP contribution in [0.25, 0.3) is 0 Å². The van der Waals surface area contributed by atoms with Crippen LogP contribution in [0.5, 0.6) is 0 Å². The Hall–Kier alpha value is 0.130. The lowest BCUT2D eigenvalue weighted by Gasteiger charge is -2.30. The molecule has 12 heteroatoms. The summed E-state index contributed by atoms with van der Waals surface area (Å²) < 4.78 is 26.8. The van der Waals surface area contributed by atoms with Gasteiger partial charge in [-0.15, -0.1) is 16.5 Å². The molecule has 0 saturated carbocycles. The summed E-state index contributed by atoms with van der Waals surface area (Å²) in [6, 6.07) is 0. The van der Waals surface area contributed by atoms with Gasteiger partial charge in [0.1, 0.15) is 10.8 Å². The predicted molar refractivity (Wildman–Crippen MR) is 118 cm³/mol. The lowest BCUT2D eigenvalue weighted by molar-refractivity contribution is 0.152. The van der Waals surface area contributed by atoms with E-state index >= 15 is 0 Å². The van der Waals surface area contributed by atoms with Gasteiger partial charge in [0, 0.05) is 0 Å². The van der Waals surface area contributed by atoms with Gasteiger partial charge >= 0.3 is 6.09 Å². The average molecular weight is 462 g/mol. The largest absolute Gasteiger partial charge is 0.597 e. The Morgan fingerprint density at radius 3 is 2.44 bits per heavy atom. The topological polar surface area (TPSA) is 104 Å². The highest BCUT2D eigenvalue weighted by Gasteiger charge is 2.33. The Labute approximate surface area is 175 Å². The zero-order chi connectivity index (χ0) is 20.7. The number of unbranched alkanes of at least 4 members (excludes halogenated alkanes) is 2. The maximum absolute atomic E-state index is 12.4. The molecule has 0 heterocycles. The maximum atomic E-state index is 12.4. The van der Waals surface area contributed by atoms with Gasteiger partial charge in [0.15, 0.2) is 0 Å². The summed E-state index contributed by atoms with van der Waals surface area (Å²) in [5.41, 5.74) is 0. The molecule has 0 fully saturated rings. The number of amides is 1. The minimum atomic E-state index is -2.64. The molecule has 0 bridgehead atoms. The van der Waals surface area contributed by atoms with Crippen molar-refractivity contribution >= 4 is 52.6 Å². The SMILES string of the molecule is CCCCCC(N[S+]([O-])CNC(=O)ON=C(C)SC)P(=S)(OCC)OCC. The number of thioether (sulfide) groups is 1. The zero-order valence-electron chi connectivity index (χ0n) is 16.7. The molecule has 0 aromatic carbocycles. The highest BCUT2D eigenvalue weighted by molar-refractivity contribution is 8.13. The molecule has 1 amide bonds. The number of rotatable bonds is 14. The van der Waals surface area contributed by atoms with Crippen LogP contribution in [0.1, 0.15) is 53.4 Å². The second-order valence-electron chi connectivity index (χ2n) is 5.36. The van der Waals surface area contributed by atoms with E-state index in [4.69, 9.17) is 20.9 Å². The van der Waals surface area contributed by atoms with Crippen molar-refractivity contribution in [2.75, 3.05) is 25.3 Å². The minimum Gasteiger partial charge on any atom is -0.597 e. The molecule has 0 saturated heterocycles. The molecule has 2 unspecified atom stereocenters. The second kappa shape index (κ2) is 16.0. The minimum absolute atomic E-state index is 0.134. The van der Waals surface area contributed by atoms with Crippen LogP contribution in [0.4, 0.5) is 4.79 Å². The number of hydrogen-bond donors (Lipinski definition) is 2. The van der Waals surface area contributed by atoms with E-state index in [1.807, 2.05) is 20.1 Å². The van der Waals surface area contributed by atoms with Gasteiger partial charge in [-0.05, 0) is 45.3 Å². The van der Waals surface area contributed by atoms with E-state index in [1.54, 1.807) is 6.92 Å². The van der Waals surface area contributed by atoms with Crippen molar-refractivity contribution in [2.24, 2.45) is 5.16 Å². The molecule has 0 aliphatic carbocycles. The normalized spacial score (nSPS) is 14.7. The van der Waals surface area contributed by atoms with E-state index in [1.165, 1.54) is 11.8 Å². The Balaban J connectivity index is 4.79. The standard InChI is InChI=1S/C15H32N3O5PS3/c1-6-9-10-11-14(24(25,21-7-2)22-8-3)18-27(20)12-16-15(19)23-17-13(4)26-5/h14,18H,6-12H2,1-5H3,(H,16,19). The van der Waals surface area contributed by atoms with Crippen LogP contribution in [-0.2, 0) is 37.1 Å². The molecule has 8 nitrogen and oxygen atoms in total. The number of oxime groups is 1. The summed E-state index contributed by atoms with van der Waals surface area (Å²) in [7, 11) is 0. The summed E-state index contributed by atoms with van der Waals surface area (Å²) >= 11 is 5.44. The third-order valence-corrected chi connectivity index (χ3v) is 8.83. The van der Waals surface area contributed by atoms with Gasteiger partial charge in [-0.25, -0.2) is 4.79 Å². The molecule has 160 valence electrons. The first kappa shape index (κ1) is 27.1. The Morgan fingerprint density at radius 1 is 1.30 bits per heavy atom. The fraction of sp³-hybridized carbons (Fsp3) is 0.867. The summed E-state index contributed by atoms with van der Waals surface area (Å²) in [6.45, 7) is 5.74. The average Bonchev–Trinajstić information content (AvgIpc) is 2.64. The van der Waals surface area contributed by atoms with Gasteiger partial charge in [-0.3, -0.25) is 10.2 Å². The predicted octanol–water partition coefficient (Wildman–Crippen LogP) is 3.91. The highest BCUT2D eigenvalue weighted by Crippen LogP contribution is 2.54. The Morgan fingerprint density at radius 2 is 1.93 bits per heavy atom. The van der Waals surface area contributed by atoms with Gasteiger partial charge in [0.2, 0.25) is 12.4 Å². The van der Waals surface area contributed by atoms with Gasteiger partial charge in [-0.2, -0.15) is 0 Å². The number of carbonyl (C=O) groups excluding carboxylic acids is 1. The molecule has 0 spiro atoms. The molecule has 0 aromatic heterocycles. The van der Waals surface area contributed by atoms with E-state index in [0.29, 0.717) is 24.7 Å². The third-order valence-electron chi connectivity index (χ3n) is 3.25. The number of carbonyl (C=O) groups is 1. The fourth-order valence-corrected chi connectivity index (χ4v) is 6.66. The van der Waals surface area contributed by atoms with Crippen molar-refractivity contribution in [3.05, 3.63) is 0 Å². The van der Waals surface area contributed by atoms with Crippen LogP contribution in [0, 0.1) is 0 Å². The molecular weight excluding hydrogens is 429 g/mol. The molecule has 2 atom stereocenters. The number of hydrogen-bond acceptors (Lipinski definition) is 9. The van der Waals surface area contributed by atoms with Gasteiger partial charge in [0.25, 0.3) is 0 Å². The Kier molecular flexibility index (Phi) is 16.1. The lowest BCUT2D eigenvalue weighted by Crippen LogP contribution is -2.42. The number of nitrogens with one attached hydrogen (secondary N) is 2. The van der Waals surface area contributed by atoms with Crippen LogP contribution in [0.15, 0.2) is 5.16 Å². The smallest absolute Gasteiger partial charge is 0.437 e. The molecule has 0 aromatic rings. The first-order valence-corrected chi connectivity index (χ1v) is 14.1. The van der Waals surface area contributed by atoms with Gasteiger partial charge in [-0.1, -0.05) is 31.3 Å². The summed E-state index contributed by atoms with van der Waals surface area (Å²) in [6.07, 6.45) is 4.76. The highest BCUT2D eigenvalue weighted by atomic mass is 32.5. The van der Waals surface area contributed by atoms with Crippen LogP contribution in [0.3, 0.4) is 0 Å². The van der Waals surface area contributed by atoms with E-state index in [9.17, 15) is 9.35 Å². The summed E-state index contributed by atoms with van der Waals surface area (Å²) in [5, 5.41) is 6.63. The molecule has 0 radical (unpaired) electrons. The number of nitrogens with zero attached hydrogens (tertiary/aromatic N) is 1. The lowest BCUT2D eigenvalue weighted by atomic mass is 10.2. The van der Waals surface area contributed by atoms with Crippen LogP contribution >= 0.6 is 18.3 Å². The quantitative estimate of drug-likeness (QED) is 0.0763. The summed E-state index contributed by atoms with van der Waals surface area (Å²) in [4.78, 5) is 16.3. The summed E-state index contributed by atoms with van der Waals surface area (Å²) in [5.74, 6) is -0.487. The van der Waals surface area contributed by atoms with E-state index < -0.39 is 23.9 Å². The monoisotopic (exact) mass is 461 g/mol. The van der Waals surface area contributed by atoms with Crippen molar-refractivity contribution < 1.29 is 23.2 Å². The van der Waals surface area contributed by atoms with E-state index in [0.717, 1.165) is 19.3 Å². The second-order valence-corrected chi connectivity index (χ2v) is 11.3. The maximum Gasteiger partial charge on any atom is 0.437 e. The van der Waals surface area contributed by atoms with Gasteiger partial charge < -0.3 is 13.6 Å². The molecular formula is C15H32N3O5PS3. The first-order valence-electron chi connectivity index (χ1n) is 8.89. The Bertz CT molecular complexity index is 489. The van der Waals surface area contributed by atoms with Crippen molar-refractivity contribution in [3.8, 4) is 0 Å². The van der Waals surface area contributed by atoms with Crippen LogP contribution in [-0.4, -0.2) is 46.8 Å². The molecule has 2 N–H and O–H groups in total. The third kappa shape index (κ3) is 12.3. The molecule has 0 aliphatic rings. The zero-order valence-corrected chi connectivity index (χ0v) is 20.0. The van der Waals surface area contributed by atoms with Crippen LogP contribution in [0.2, 0.25) is 0 Å². The van der Waals surface area contributed by atoms with Crippen molar-refractivity contribution in [3.63, 3.8) is 0 Å². The fourth-order valence-electron chi connectivity index (χ4n) is 1.94. The van der Waals surface area contributed by atoms with Gasteiger partial charge in [0.05, 0.1) is 24.6 Å². The van der Waals surface area contributed by atoms with Crippen molar-refractivity contribution in [1.82, 2.24) is 10.0 Å². The van der Waals surface area contributed by atoms with Crippen molar-refractivity contribution in [2.45, 2.75) is 59.2 Å². The van der Waals surface area contributed by atoms with E-state index in [-0.39, 0.29) is 11.7 Å². The van der Waals surface area contributed by atoms with E-state index in [2.05, 4.69) is 27.0 Å². The molecule has 0 aliphatic heterocycles. The first-order chi connectivity index (χ1) is 12.8. The van der Waals surface area contributed by atoms with Crippen molar-refractivity contribution in [1.29, 1.82) is 0 Å². The molecule has 27 heavy (non-hydrogen) atoms.